The fraction of sp³-hybridized carbons (Fsp3) is 0.333. The molecule has 0 N–H and O–H groups in total. The van der Waals surface area contributed by atoms with E-state index in [4.69, 9.17) is 0 Å². The van der Waals surface area contributed by atoms with Crippen molar-refractivity contribution in [1.29, 1.82) is 0 Å². The number of allylic oxidation sites excluding steroid dienone is 4. The van der Waals surface area contributed by atoms with Crippen molar-refractivity contribution < 1.29 is 12.0 Å². The Balaban J connectivity index is 0.00000210. The second-order valence-electron chi connectivity index (χ2n) is 13.0. The van der Waals surface area contributed by atoms with E-state index in [0.717, 1.165) is 0 Å². The molecule has 2 aromatic carbocycles. The van der Waals surface area contributed by atoms with E-state index in [9.17, 15) is 0 Å². The Kier molecular flexibility index (Phi) is 7.21. The summed E-state index contributed by atoms with van der Waals surface area (Å²) in [6.45, 7) is 4.24. The molecule has 0 spiro atoms. The number of rotatable bonds is 6. The smallest absolute Gasteiger partial charge is 0.147 e. The van der Waals surface area contributed by atoms with E-state index in [-0.39, 0.29) is 32.7 Å². The van der Waals surface area contributed by atoms with Gasteiger partial charge in [0.2, 0.25) is 0 Å². The Morgan fingerprint density at radius 1 is 0.724 bits per heavy atom. The number of hydrogen-bond acceptors (Lipinski definition) is 0. The van der Waals surface area contributed by atoms with Gasteiger partial charge in [0.1, 0.15) is 0 Å². The van der Waals surface area contributed by atoms with Gasteiger partial charge in [0, 0.05) is 0 Å². The molecule has 5 heteroatoms. The summed E-state index contributed by atoms with van der Waals surface area (Å²) in [5.41, 5.74) is 0. The first-order chi connectivity index (χ1) is 12.4. The number of benzene rings is 2. The average Bonchev–Trinajstić information content (AvgIpc) is 3.18. The molecule has 2 aromatic rings. The quantitative estimate of drug-likeness (QED) is 0.279. The van der Waals surface area contributed by atoms with E-state index in [2.05, 4.69) is 119 Å². The van der Waals surface area contributed by atoms with Gasteiger partial charge in [-0.1, -0.05) is 0 Å². The molecule has 0 heterocycles. The van der Waals surface area contributed by atoms with E-state index in [1.165, 1.54) is 15.1 Å². The Labute approximate surface area is 188 Å². The second-order valence-corrected chi connectivity index (χ2v) is 60.8. The van der Waals surface area contributed by atoms with Gasteiger partial charge in [0.15, 0.2) is 0 Å². The molecule has 0 atom stereocenters. The van der Waals surface area contributed by atoms with Gasteiger partial charge in [-0.05, 0) is 0 Å². The van der Waals surface area contributed by atoms with E-state index in [1.807, 2.05) is 0 Å². The van der Waals surface area contributed by atoms with Crippen molar-refractivity contribution >= 4 is 50.0 Å². The van der Waals surface area contributed by atoms with Crippen molar-refractivity contribution in [2.45, 2.75) is 38.2 Å². The molecule has 0 nitrogen and oxygen atoms in total. The van der Waals surface area contributed by atoms with Crippen LogP contribution in [0.25, 0.3) is 0 Å². The molecule has 0 aliphatic heterocycles. The molecule has 0 saturated carbocycles. The second kappa shape index (κ2) is 7.77. The molecule has 0 aromatic heterocycles. The van der Waals surface area contributed by atoms with Gasteiger partial charge in [0.25, 0.3) is 0 Å². The van der Waals surface area contributed by atoms with E-state index >= 15 is 0 Å². The minimum atomic E-state index is -3.89. The largest absolute Gasteiger partial charge is 0.147 e. The summed E-state index contributed by atoms with van der Waals surface area (Å²) in [6.07, 6.45) is 9.62. The number of hydrogen-bond donors (Lipinski definition) is 0. The molecule has 161 valence electrons. The Bertz CT molecular complexity index is 859. The first-order valence-corrected chi connectivity index (χ1v) is 25.7. The first kappa shape index (κ1) is 26.9. The van der Waals surface area contributed by atoms with Crippen LogP contribution >= 0.6 is 32.7 Å². The molecule has 29 heavy (non-hydrogen) atoms. The third-order valence-corrected chi connectivity index (χ3v) is 66.2. The van der Waals surface area contributed by atoms with Gasteiger partial charge in [0.05, 0.1) is 0 Å². The topological polar surface area (TPSA) is 0 Å². The minimum Gasteiger partial charge on any atom is -0.147 e. The van der Waals surface area contributed by atoms with E-state index < -0.39 is 18.7 Å². The molecule has 3 rings (SSSR count). The van der Waals surface area contributed by atoms with Gasteiger partial charge in [-0.3, -0.25) is 0 Å². The summed E-state index contributed by atoms with van der Waals surface area (Å²) >= 11 is -3.89. The monoisotopic (exact) mass is 503 g/mol. The summed E-state index contributed by atoms with van der Waals surface area (Å²) in [4.78, 5) is 0. The summed E-state index contributed by atoms with van der Waals surface area (Å²) in [5.74, 6) is 0. The molecule has 0 saturated heterocycles. The van der Waals surface area contributed by atoms with Crippen LogP contribution in [0, 0.1) is 0 Å². The minimum absolute atomic E-state index is 0. The van der Waals surface area contributed by atoms with Crippen LogP contribution in [0.5, 0.6) is 0 Å². The zero-order valence-corrected chi connectivity index (χ0v) is 24.0. The fourth-order valence-corrected chi connectivity index (χ4v) is 36.1. The van der Waals surface area contributed by atoms with Crippen molar-refractivity contribution in [3.8, 4) is 0 Å². The fourth-order valence-electron chi connectivity index (χ4n) is 4.48. The average molecular weight is 504 g/mol. The molecule has 0 radical (unpaired) electrons. The van der Waals surface area contributed by atoms with Gasteiger partial charge in [-0.2, -0.15) is 0 Å². The standard InChI is InChI=1S/C13H12P.C5H5.C2H7Si.4CH3.2ClH.Ti/c1-14(12-8-4-2-5-9-12)13-10-6-3-7-11-13;1-2-4-5-3-1;1-3-2;;;;;;;/h2-11H,1H2;1-5H;3H,1-2H3;4*1H3;2*1H;. The van der Waals surface area contributed by atoms with Crippen LogP contribution in [-0.4, -0.2) is 11.1 Å². The van der Waals surface area contributed by atoms with Crippen LogP contribution in [0.3, 0.4) is 0 Å². The zero-order chi connectivity index (χ0) is 19.9. The van der Waals surface area contributed by atoms with Gasteiger partial charge < -0.3 is 0 Å². The van der Waals surface area contributed by atoms with Crippen molar-refractivity contribution in [3.05, 3.63) is 85.0 Å². The van der Waals surface area contributed by atoms with Crippen LogP contribution < -0.4 is 10.6 Å². The first-order valence-electron chi connectivity index (χ1n) is 10.3. The molecule has 1 aliphatic carbocycles. The Morgan fingerprint density at radius 3 is 1.45 bits per heavy atom. The van der Waals surface area contributed by atoms with E-state index in [0.29, 0.717) is 4.22 Å². The summed E-state index contributed by atoms with van der Waals surface area (Å²) in [6, 6.07) is 22.6. The maximum Gasteiger partial charge on any atom is -0.147 e. The van der Waals surface area contributed by atoms with Crippen LogP contribution in [0.4, 0.5) is 0 Å². The summed E-state index contributed by atoms with van der Waals surface area (Å²) in [7, 11) is -0.387. The molecular weight excluding hydrogens is 466 g/mol. The van der Waals surface area contributed by atoms with Crippen LogP contribution in [0.15, 0.2) is 85.0 Å². The molecule has 0 unspecified atom stereocenters. The van der Waals surface area contributed by atoms with Crippen LogP contribution in [0.2, 0.25) is 38.2 Å². The van der Waals surface area contributed by atoms with Crippen molar-refractivity contribution in [1.82, 2.24) is 0 Å². The zero-order valence-electron chi connectivity index (χ0n) is 18.7. The molecule has 0 bridgehead atoms. The summed E-state index contributed by atoms with van der Waals surface area (Å²) < 4.78 is 1.97. The van der Waals surface area contributed by atoms with Crippen LogP contribution in [0.1, 0.15) is 0 Å². The Morgan fingerprint density at radius 2 is 1.10 bits per heavy atom. The van der Waals surface area contributed by atoms with Crippen molar-refractivity contribution in [2.24, 2.45) is 0 Å². The predicted molar refractivity (Wildman–Crippen MR) is 143 cm³/mol. The predicted octanol–water partition coefficient (Wildman–Crippen LogP) is 7.77. The van der Waals surface area contributed by atoms with Crippen molar-refractivity contribution in [2.75, 3.05) is 4.47 Å². The molecular formula is C24H38Cl2PSiTi. The molecule has 0 fully saturated rings. The normalized spacial score (nSPS) is 17.7. The third kappa shape index (κ3) is 4.72. The van der Waals surface area contributed by atoms with Crippen LogP contribution in [-0.2, 0) is 12.0 Å². The summed E-state index contributed by atoms with van der Waals surface area (Å²) in [5, 5.41) is 14.2. The molecule has 0 amide bonds. The Hall–Kier alpha value is -0.139. The number of halogens is 2. The van der Waals surface area contributed by atoms with Gasteiger partial charge in [-0.25, -0.2) is 0 Å². The van der Waals surface area contributed by atoms with Gasteiger partial charge in [-0.15, -0.1) is 24.8 Å². The van der Waals surface area contributed by atoms with E-state index in [1.54, 1.807) is 0 Å². The van der Waals surface area contributed by atoms with Gasteiger partial charge >= 0.3 is 165 Å². The third-order valence-electron chi connectivity index (χ3n) is 8.67. The SMILES string of the molecule is C[SiH](C)[Ti]([CH3])([CH3])([CH3])([CH3])([CH2]P(c1ccccc1)c1ccccc1)[CH]1C=CC=C1.Cl.Cl. The molecule has 1 aliphatic rings. The van der Waals surface area contributed by atoms with Crippen molar-refractivity contribution in [3.63, 3.8) is 0 Å². The maximum absolute atomic E-state index is 3.89. The maximum atomic E-state index is 2.78.